The number of benzene rings is 4. The van der Waals surface area contributed by atoms with E-state index in [0.29, 0.717) is 22.8 Å². The molecule has 1 N–H and O–H groups in total. The third-order valence-electron chi connectivity index (χ3n) is 7.84. The van der Waals surface area contributed by atoms with Crippen molar-refractivity contribution in [2.45, 2.75) is 50.2 Å². The Morgan fingerprint density at radius 1 is 0.851 bits per heavy atom. The summed E-state index contributed by atoms with van der Waals surface area (Å²) in [6, 6.07) is 27.8. The molecule has 0 saturated carbocycles. The van der Waals surface area contributed by atoms with Gasteiger partial charge in [-0.2, -0.15) is 0 Å². The highest BCUT2D eigenvalue weighted by Gasteiger charge is 2.35. The van der Waals surface area contributed by atoms with Crippen LogP contribution in [0, 0.1) is 0 Å². The van der Waals surface area contributed by atoms with Crippen LogP contribution in [0.2, 0.25) is 5.02 Å². The molecule has 9 nitrogen and oxygen atoms in total. The highest BCUT2D eigenvalue weighted by atomic mass is 35.5. The average Bonchev–Trinajstić information content (AvgIpc) is 3.09. The van der Waals surface area contributed by atoms with E-state index in [1.807, 2.05) is 44.2 Å². The van der Waals surface area contributed by atoms with Gasteiger partial charge in [-0.15, -0.1) is 0 Å². The van der Waals surface area contributed by atoms with Crippen LogP contribution in [0.15, 0.2) is 108 Å². The van der Waals surface area contributed by atoms with Crippen LogP contribution in [-0.2, 0) is 32.6 Å². The lowest BCUT2D eigenvalue weighted by atomic mass is 10.0. The highest BCUT2D eigenvalue weighted by molar-refractivity contribution is 7.92. The predicted molar refractivity (Wildman–Crippen MR) is 184 cm³/mol. The summed E-state index contributed by atoms with van der Waals surface area (Å²) in [6.07, 6.45) is 0.881. The topological polar surface area (TPSA) is 105 Å². The summed E-state index contributed by atoms with van der Waals surface area (Å²) in [6.45, 7) is 3.20. The van der Waals surface area contributed by atoms with E-state index >= 15 is 0 Å². The van der Waals surface area contributed by atoms with Crippen molar-refractivity contribution in [1.29, 1.82) is 0 Å². The van der Waals surface area contributed by atoms with Crippen LogP contribution < -0.4 is 19.1 Å². The van der Waals surface area contributed by atoms with Crippen molar-refractivity contribution in [2.75, 3.05) is 25.1 Å². The van der Waals surface area contributed by atoms with Gasteiger partial charge in [-0.1, -0.05) is 85.3 Å². The third kappa shape index (κ3) is 8.84. The normalized spacial score (nSPS) is 12.4. The largest absolute Gasteiger partial charge is 0.493 e. The van der Waals surface area contributed by atoms with E-state index in [9.17, 15) is 18.0 Å². The van der Waals surface area contributed by atoms with Gasteiger partial charge >= 0.3 is 0 Å². The molecule has 0 fully saturated rings. The lowest BCUT2D eigenvalue weighted by molar-refractivity contribution is -0.140. The maximum absolute atomic E-state index is 14.6. The molecule has 4 rings (SSSR count). The third-order valence-corrected chi connectivity index (χ3v) is 9.99. The number of hydrogen-bond acceptors (Lipinski definition) is 6. The van der Waals surface area contributed by atoms with E-state index in [-0.39, 0.29) is 41.2 Å². The number of anilines is 1. The minimum atomic E-state index is -4.27. The van der Waals surface area contributed by atoms with Crippen molar-refractivity contribution in [3.05, 3.63) is 119 Å². The predicted octanol–water partition coefficient (Wildman–Crippen LogP) is 6.11. The summed E-state index contributed by atoms with van der Waals surface area (Å²) in [5, 5.41) is 3.44. The van der Waals surface area contributed by atoms with Crippen LogP contribution in [0.25, 0.3) is 0 Å². The number of carbonyl (C=O) groups is 2. The van der Waals surface area contributed by atoms with Gasteiger partial charge in [0.1, 0.15) is 12.6 Å². The quantitative estimate of drug-likeness (QED) is 0.163. The Morgan fingerprint density at radius 3 is 2.09 bits per heavy atom. The molecule has 4 aromatic carbocycles. The molecule has 47 heavy (non-hydrogen) atoms. The standard InChI is InChI=1S/C36H40ClN3O6S/c1-5-26(2)38-36(42)32(22-27-14-8-6-9-15-27)39(24-28-16-12-13-19-31(28)37)35(41)25-40(47(43,44)30-17-10-7-11-18-30)29-20-21-33(45-3)34(23-29)46-4/h6-21,23,26,32H,5,22,24-25H2,1-4H3,(H,38,42). The van der Waals surface area contributed by atoms with Crippen LogP contribution in [0.5, 0.6) is 11.5 Å². The molecule has 2 amide bonds. The number of ether oxygens (including phenoxy) is 2. The average molecular weight is 678 g/mol. The van der Waals surface area contributed by atoms with Crippen LogP contribution in [0.3, 0.4) is 0 Å². The second-order valence-electron chi connectivity index (χ2n) is 11.0. The SMILES string of the molecule is CCC(C)NC(=O)C(Cc1ccccc1)N(Cc1ccccc1Cl)C(=O)CN(c1ccc(OC)c(OC)c1)S(=O)(=O)c1ccccc1. The minimum Gasteiger partial charge on any atom is -0.493 e. The van der Waals surface area contributed by atoms with E-state index < -0.39 is 28.5 Å². The molecule has 0 saturated heterocycles. The first-order chi connectivity index (χ1) is 22.6. The Hall–Kier alpha value is -4.54. The van der Waals surface area contributed by atoms with Gasteiger partial charge < -0.3 is 19.7 Å². The molecule has 2 atom stereocenters. The Kier molecular flexibility index (Phi) is 12.3. The first kappa shape index (κ1) is 35.3. The lowest BCUT2D eigenvalue weighted by Gasteiger charge is -2.34. The molecule has 0 bridgehead atoms. The van der Waals surface area contributed by atoms with Crippen LogP contribution in [-0.4, -0.2) is 58.0 Å². The fraction of sp³-hybridized carbons (Fsp3) is 0.278. The van der Waals surface area contributed by atoms with E-state index in [1.165, 1.54) is 37.3 Å². The molecule has 0 aliphatic carbocycles. The second-order valence-corrected chi connectivity index (χ2v) is 13.3. The maximum Gasteiger partial charge on any atom is 0.264 e. The number of sulfonamides is 1. The smallest absolute Gasteiger partial charge is 0.264 e. The highest BCUT2D eigenvalue weighted by Crippen LogP contribution is 2.34. The number of methoxy groups -OCH3 is 2. The van der Waals surface area contributed by atoms with E-state index in [4.69, 9.17) is 21.1 Å². The van der Waals surface area contributed by atoms with Gasteiger partial charge in [-0.3, -0.25) is 13.9 Å². The molecule has 4 aromatic rings. The minimum absolute atomic E-state index is 0.00409. The van der Waals surface area contributed by atoms with Gasteiger partial charge in [0.05, 0.1) is 24.8 Å². The van der Waals surface area contributed by atoms with E-state index in [1.54, 1.807) is 54.6 Å². The molecule has 2 unspecified atom stereocenters. The summed E-state index contributed by atoms with van der Waals surface area (Å²) in [4.78, 5) is 30.0. The van der Waals surface area contributed by atoms with E-state index in [2.05, 4.69) is 5.32 Å². The summed E-state index contributed by atoms with van der Waals surface area (Å²) in [7, 11) is -1.35. The summed E-state index contributed by atoms with van der Waals surface area (Å²) >= 11 is 6.57. The van der Waals surface area contributed by atoms with Crippen LogP contribution in [0.1, 0.15) is 31.4 Å². The van der Waals surface area contributed by atoms with Gasteiger partial charge in [-0.25, -0.2) is 8.42 Å². The summed E-state index contributed by atoms with van der Waals surface area (Å²) in [5.74, 6) is -0.273. The molecule has 0 aromatic heterocycles. The van der Waals surface area contributed by atoms with Gasteiger partial charge in [0.15, 0.2) is 11.5 Å². The second kappa shape index (κ2) is 16.3. The Labute approximate surface area is 282 Å². The Morgan fingerprint density at radius 2 is 1.47 bits per heavy atom. The summed E-state index contributed by atoms with van der Waals surface area (Å²) < 4.78 is 40.3. The molecule has 0 heterocycles. The molecular formula is C36H40ClN3O6S. The molecule has 0 radical (unpaired) electrons. The number of nitrogens with one attached hydrogen (secondary N) is 1. The zero-order valence-corrected chi connectivity index (χ0v) is 28.5. The number of nitrogens with zero attached hydrogens (tertiary/aromatic N) is 2. The van der Waals surface area contributed by atoms with Crippen molar-refractivity contribution < 1.29 is 27.5 Å². The number of hydrogen-bond donors (Lipinski definition) is 1. The van der Waals surface area contributed by atoms with E-state index in [0.717, 1.165) is 9.87 Å². The first-order valence-electron chi connectivity index (χ1n) is 15.3. The summed E-state index contributed by atoms with van der Waals surface area (Å²) in [5.41, 5.74) is 1.63. The van der Waals surface area contributed by atoms with Crippen molar-refractivity contribution in [1.82, 2.24) is 10.2 Å². The van der Waals surface area contributed by atoms with Gasteiger partial charge in [-0.05, 0) is 54.8 Å². The number of amides is 2. The number of halogens is 1. The maximum atomic E-state index is 14.6. The Balaban J connectivity index is 1.85. The molecule has 0 aliphatic heterocycles. The zero-order chi connectivity index (χ0) is 34.0. The lowest BCUT2D eigenvalue weighted by Crippen LogP contribution is -2.54. The van der Waals surface area contributed by atoms with Crippen molar-refractivity contribution >= 4 is 39.1 Å². The van der Waals surface area contributed by atoms with Crippen molar-refractivity contribution in [2.24, 2.45) is 0 Å². The number of rotatable bonds is 15. The van der Waals surface area contributed by atoms with Crippen molar-refractivity contribution in [3.63, 3.8) is 0 Å². The van der Waals surface area contributed by atoms with Crippen LogP contribution >= 0.6 is 11.6 Å². The monoisotopic (exact) mass is 677 g/mol. The molecule has 11 heteroatoms. The van der Waals surface area contributed by atoms with Gasteiger partial charge in [0, 0.05) is 30.1 Å². The zero-order valence-electron chi connectivity index (χ0n) is 26.9. The van der Waals surface area contributed by atoms with Gasteiger partial charge in [0.2, 0.25) is 11.8 Å². The molecule has 0 spiro atoms. The molecular weight excluding hydrogens is 638 g/mol. The molecule has 248 valence electrons. The first-order valence-corrected chi connectivity index (χ1v) is 17.1. The van der Waals surface area contributed by atoms with Crippen LogP contribution in [0.4, 0.5) is 5.69 Å². The fourth-order valence-corrected chi connectivity index (χ4v) is 6.66. The van der Waals surface area contributed by atoms with Crippen molar-refractivity contribution in [3.8, 4) is 11.5 Å². The van der Waals surface area contributed by atoms with Gasteiger partial charge in [0.25, 0.3) is 10.0 Å². The Bertz CT molecular complexity index is 1760. The fourth-order valence-electron chi connectivity index (χ4n) is 5.03. The number of carbonyl (C=O) groups excluding carboxylic acids is 2. The molecule has 0 aliphatic rings.